The molecule has 0 fully saturated rings. The second-order valence-corrected chi connectivity index (χ2v) is 6.09. The summed E-state index contributed by atoms with van der Waals surface area (Å²) in [5.41, 5.74) is 1.21. The van der Waals surface area contributed by atoms with E-state index in [0.29, 0.717) is 16.6 Å². The van der Waals surface area contributed by atoms with Gasteiger partial charge in [-0.05, 0) is 48.9 Å². The van der Waals surface area contributed by atoms with Crippen molar-refractivity contribution in [1.29, 1.82) is 0 Å². The van der Waals surface area contributed by atoms with Gasteiger partial charge in [-0.15, -0.1) is 0 Å². The summed E-state index contributed by atoms with van der Waals surface area (Å²) < 4.78 is 2.43. The molecule has 0 spiro atoms. The van der Waals surface area contributed by atoms with E-state index in [2.05, 4.69) is 15.9 Å². The zero-order valence-electron chi connectivity index (χ0n) is 12.1. The molecule has 0 unspecified atom stereocenters. The lowest BCUT2D eigenvalue weighted by Crippen LogP contribution is -2.18. The van der Waals surface area contributed by atoms with E-state index in [4.69, 9.17) is 0 Å². The van der Waals surface area contributed by atoms with Crippen molar-refractivity contribution in [1.82, 2.24) is 4.57 Å². The number of pyridine rings is 1. The monoisotopic (exact) mass is 373 g/mol. The number of carboxylic acids is 1. The summed E-state index contributed by atoms with van der Waals surface area (Å²) in [5, 5.41) is 19.2. The van der Waals surface area contributed by atoms with Crippen LogP contribution in [0.4, 0.5) is 0 Å². The van der Waals surface area contributed by atoms with Gasteiger partial charge in [0.2, 0.25) is 5.43 Å². The number of carbonyl (C=O) groups is 1. The first kappa shape index (κ1) is 15.3. The molecule has 0 aliphatic carbocycles. The number of phenols is 1. The van der Waals surface area contributed by atoms with Crippen LogP contribution in [-0.2, 0) is 0 Å². The number of aryl methyl sites for hydroxylation is 1. The van der Waals surface area contributed by atoms with Gasteiger partial charge in [0.15, 0.2) is 0 Å². The molecule has 116 valence electrons. The first-order valence-corrected chi connectivity index (χ1v) is 7.56. The third-order valence-electron chi connectivity index (χ3n) is 3.64. The Bertz CT molecular complexity index is 1010. The lowest BCUT2D eigenvalue weighted by molar-refractivity contribution is 0.0695. The van der Waals surface area contributed by atoms with Gasteiger partial charge in [-0.1, -0.05) is 15.9 Å². The smallest absolute Gasteiger partial charge is 0.341 e. The fourth-order valence-corrected chi connectivity index (χ4v) is 2.91. The van der Waals surface area contributed by atoms with Gasteiger partial charge in [0, 0.05) is 21.7 Å². The molecular formula is C17H12BrNO4. The number of hydrogen-bond donors (Lipinski definition) is 2. The lowest BCUT2D eigenvalue weighted by atomic mass is 10.1. The molecule has 0 saturated heterocycles. The predicted molar refractivity (Wildman–Crippen MR) is 90.6 cm³/mol. The van der Waals surface area contributed by atoms with Crippen LogP contribution < -0.4 is 5.43 Å². The Labute approximate surface area is 139 Å². The molecule has 3 rings (SSSR count). The van der Waals surface area contributed by atoms with E-state index < -0.39 is 11.4 Å². The number of fused-ring (bicyclic) bond motifs is 1. The van der Waals surface area contributed by atoms with Gasteiger partial charge < -0.3 is 14.8 Å². The molecule has 1 heterocycles. The lowest BCUT2D eigenvalue weighted by Gasteiger charge is -2.15. The van der Waals surface area contributed by atoms with Crippen LogP contribution in [-0.4, -0.2) is 20.7 Å². The summed E-state index contributed by atoms with van der Waals surface area (Å²) in [7, 11) is 0. The molecule has 0 bridgehead atoms. The molecule has 0 radical (unpaired) electrons. The van der Waals surface area contributed by atoms with Gasteiger partial charge >= 0.3 is 5.97 Å². The standard InChI is InChI=1S/C17H12BrNO4/c1-9-6-11(20)3-5-14(9)19-8-13(17(22)23)16(21)12-4-2-10(18)7-15(12)19/h2-8,20H,1H3,(H,22,23). The van der Waals surface area contributed by atoms with E-state index in [9.17, 15) is 19.8 Å². The maximum Gasteiger partial charge on any atom is 0.341 e. The number of aromatic hydroxyl groups is 1. The number of halogens is 1. The molecule has 1 aromatic heterocycles. The molecule has 2 N–H and O–H groups in total. The number of carboxylic acid groups (broad SMARTS) is 1. The Morgan fingerprint density at radius 1 is 1.17 bits per heavy atom. The molecule has 23 heavy (non-hydrogen) atoms. The predicted octanol–water partition coefficient (Wildman–Crippen LogP) is 3.47. The van der Waals surface area contributed by atoms with Crippen LogP contribution in [0.5, 0.6) is 5.75 Å². The van der Waals surface area contributed by atoms with E-state index in [0.717, 1.165) is 10.0 Å². The molecule has 6 heteroatoms. The average Bonchev–Trinajstić information content (AvgIpc) is 2.48. The minimum atomic E-state index is -1.27. The van der Waals surface area contributed by atoms with E-state index in [1.807, 2.05) is 0 Å². The first-order chi connectivity index (χ1) is 10.9. The molecule has 2 aromatic carbocycles. The highest BCUT2D eigenvalue weighted by atomic mass is 79.9. The third kappa shape index (κ3) is 2.61. The van der Waals surface area contributed by atoms with Crippen molar-refractivity contribution < 1.29 is 15.0 Å². The van der Waals surface area contributed by atoms with Gasteiger partial charge in [0.25, 0.3) is 0 Å². The largest absolute Gasteiger partial charge is 0.508 e. The van der Waals surface area contributed by atoms with Crippen LogP contribution in [0.25, 0.3) is 16.6 Å². The van der Waals surface area contributed by atoms with E-state index >= 15 is 0 Å². The minimum absolute atomic E-state index is 0.122. The molecule has 0 amide bonds. The van der Waals surface area contributed by atoms with Gasteiger partial charge in [-0.3, -0.25) is 4.79 Å². The fourth-order valence-electron chi connectivity index (χ4n) is 2.56. The number of hydrogen-bond acceptors (Lipinski definition) is 3. The van der Waals surface area contributed by atoms with Crippen molar-refractivity contribution in [2.75, 3.05) is 0 Å². The second kappa shape index (κ2) is 5.55. The SMILES string of the molecule is Cc1cc(O)ccc1-n1cc(C(=O)O)c(=O)c2ccc(Br)cc21. The second-order valence-electron chi connectivity index (χ2n) is 5.18. The summed E-state index contributed by atoms with van der Waals surface area (Å²) in [5.74, 6) is -1.15. The first-order valence-electron chi connectivity index (χ1n) is 6.76. The van der Waals surface area contributed by atoms with Crippen molar-refractivity contribution in [3.05, 3.63) is 68.4 Å². The summed E-state index contributed by atoms with van der Waals surface area (Å²) in [4.78, 5) is 23.7. The van der Waals surface area contributed by atoms with Crippen molar-refractivity contribution in [3.8, 4) is 11.4 Å². The highest BCUT2D eigenvalue weighted by molar-refractivity contribution is 9.10. The zero-order valence-corrected chi connectivity index (χ0v) is 13.7. The van der Waals surface area contributed by atoms with E-state index in [1.165, 1.54) is 12.3 Å². The number of phenolic OH excluding ortho intramolecular Hbond substituents is 1. The Balaban J connectivity index is 2.48. The average molecular weight is 374 g/mol. The zero-order chi connectivity index (χ0) is 16.7. The molecule has 5 nitrogen and oxygen atoms in total. The molecule has 3 aromatic rings. The van der Waals surface area contributed by atoms with Crippen LogP contribution in [0.15, 0.2) is 51.9 Å². The van der Waals surface area contributed by atoms with Crippen LogP contribution in [0.1, 0.15) is 15.9 Å². The minimum Gasteiger partial charge on any atom is -0.508 e. The third-order valence-corrected chi connectivity index (χ3v) is 4.13. The Morgan fingerprint density at radius 3 is 2.57 bits per heavy atom. The number of benzene rings is 2. The Morgan fingerprint density at radius 2 is 1.91 bits per heavy atom. The van der Waals surface area contributed by atoms with Crippen LogP contribution in [0.3, 0.4) is 0 Å². The summed E-state index contributed by atoms with van der Waals surface area (Å²) in [6.07, 6.45) is 1.32. The molecule has 0 atom stereocenters. The van der Waals surface area contributed by atoms with Crippen LogP contribution in [0.2, 0.25) is 0 Å². The van der Waals surface area contributed by atoms with Crippen LogP contribution >= 0.6 is 15.9 Å². The van der Waals surface area contributed by atoms with Crippen molar-refractivity contribution in [2.45, 2.75) is 6.92 Å². The van der Waals surface area contributed by atoms with Gasteiger partial charge in [-0.25, -0.2) is 4.79 Å². The van der Waals surface area contributed by atoms with Crippen molar-refractivity contribution in [3.63, 3.8) is 0 Å². The number of nitrogens with zero attached hydrogens (tertiary/aromatic N) is 1. The topological polar surface area (TPSA) is 79.5 Å². The van der Waals surface area contributed by atoms with E-state index in [-0.39, 0.29) is 11.3 Å². The number of rotatable bonds is 2. The van der Waals surface area contributed by atoms with Crippen molar-refractivity contribution in [2.24, 2.45) is 0 Å². The van der Waals surface area contributed by atoms with Gasteiger partial charge in [0.05, 0.1) is 5.52 Å². The quantitative estimate of drug-likeness (QED) is 0.720. The summed E-state index contributed by atoms with van der Waals surface area (Å²) in [6, 6.07) is 9.84. The van der Waals surface area contributed by atoms with Crippen molar-refractivity contribution >= 4 is 32.8 Å². The highest BCUT2D eigenvalue weighted by Gasteiger charge is 2.16. The highest BCUT2D eigenvalue weighted by Crippen LogP contribution is 2.25. The molecule has 0 saturated carbocycles. The fraction of sp³-hybridized carbons (Fsp3) is 0.0588. The van der Waals surface area contributed by atoms with E-state index in [1.54, 1.807) is 41.8 Å². The van der Waals surface area contributed by atoms with Gasteiger partial charge in [0.1, 0.15) is 11.3 Å². The Kier molecular flexibility index (Phi) is 3.69. The molecule has 0 aliphatic rings. The Hall–Kier alpha value is -2.60. The number of aromatic nitrogens is 1. The summed E-state index contributed by atoms with van der Waals surface area (Å²) >= 11 is 3.37. The maximum atomic E-state index is 12.4. The normalized spacial score (nSPS) is 10.9. The summed E-state index contributed by atoms with van der Waals surface area (Å²) in [6.45, 7) is 1.80. The maximum absolute atomic E-state index is 12.4. The molecular weight excluding hydrogens is 362 g/mol. The number of aromatic carboxylic acids is 1. The van der Waals surface area contributed by atoms with Crippen LogP contribution in [0, 0.1) is 6.92 Å². The molecule has 0 aliphatic heterocycles. The van der Waals surface area contributed by atoms with Gasteiger partial charge in [-0.2, -0.15) is 0 Å².